The van der Waals surface area contributed by atoms with Crippen LogP contribution in [0.1, 0.15) is 90.6 Å². The number of hydrogen-bond acceptors (Lipinski definition) is 10. The number of ether oxygens (including phenoxy) is 1. The number of carbonyl (C=O) groups is 4. The summed E-state index contributed by atoms with van der Waals surface area (Å²) in [6.07, 6.45) is 12.4. The van der Waals surface area contributed by atoms with Crippen molar-refractivity contribution in [2.45, 2.75) is 104 Å². The fraction of sp³-hybridized carbons (Fsp3) is 0.655. The molecule has 2 N–H and O–H groups in total. The number of allylic oxidation sites excluding steroid dienone is 1. The number of carbonyl (C=O) groups excluding carboxylic acids is 4. The second-order valence-electron chi connectivity index (χ2n) is 10.2. The van der Waals surface area contributed by atoms with Gasteiger partial charge in [0.2, 0.25) is 17.7 Å². The summed E-state index contributed by atoms with van der Waals surface area (Å²) in [5, 5.41) is 6.18. The third-order valence-electron chi connectivity index (χ3n) is 6.35. The van der Waals surface area contributed by atoms with Crippen LogP contribution in [0.15, 0.2) is 27.8 Å². The van der Waals surface area contributed by atoms with Gasteiger partial charge in [-0.25, -0.2) is 9.78 Å². The van der Waals surface area contributed by atoms with E-state index in [0.29, 0.717) is 29.3 Å². The van der Waals surface area contributed by atoms with Crippen LogP contribution in [-0.2, 0) is 30.5 Å². The molecule has 0 spiro atoms. The van der Waals surface area contributed by atoms with E-state index in [4.69, 9.17) is 9.15 Å². The fourth-order valence-corrected chi connectivity index (χ4v) is 5.29. The van der Waals surface area contributed by atoms with Gasteiger partial charge in [0, 0.05) is 12.2 Å². The average molecular weight is 609 g/mol. The van der Waals surface area contributed by atoms with Gasteiger partial charge in [-0.1, -0.05) is 64.3 Å². The van der Waals surface area contributed by atoms with Gasteiger partial charge in [0.1, 0.15) is 35.2 Å². The number of cyclic esters (lactones) is 1. The topological polar surface area (TPSA) is 140 Å². The molecular weight excluding hydrogens is 564 g/mol. The Morgan fingerprint density at radius 1 is 1.20 bits per heavy atom. The minimum atomic E-state index is -0.922. The SMILES string of the molecule is CCCCCCCC(=O)SCC/C=C/C1CC(=O)NCc2nc(co2)C(SC)=NC(C)C(=O)NC(C(C)C)C(=O)O1. The number of fused-ring (bicyclic) bond motifs is 2. The van der Waals surface area contributed by atoms with Gasteiger partial charge in [0.05, 0.1) is 13.0 Å². The smallest absolute Gasteiger partial charge is 0.329 e. The quantitative estimate of drug-likeness (QED) is 0.206. The highest BCUT2D eigenvalue weighted by Crippen LogP contribution is 2.16. The van der Waals surface area contributed by atoms with Gasteiger partial charge in [0.25, 0.3) is 0 Å². The molecule has 41 heavy (non-hydrogen) atoms. The zero-order chi connectivity index (χ0) is 30.2. The molecule has 228 valence electrons. The lowest BCUT2D eigenvalue weighted by Crippen LogP contribution is -2.49. The molecule has 1 aromatic heterocycles. The zero-order valence-electron chi connectivity index (χ0n) is 24.8. The van der Waals surface area contributed by atoms with Crippen molar-refractivity contribution in [3.63, 3.8) is 0 Å². The van der Waals surface area contributed by atoms with E-state index >= 15 is 0 Å². The first kappa shape index (κ1) is 34.6. The molecule has 3 unspecified atom stereocenters. The van der Waals surface area contributed by atoms with Crippen molar-refractivity contribution in [2.24, 2.45) is 10.9 Å². The number of aliphatic imine (C=N–C) groups is 1. The third kappa shape index (κ3) is 12.8. The average Bonchev–Trinajstić information content (AvgIpc) is 3.41. The second kappa shape index (κ2) is 18.8. The van der Waals surface area contributed by atoms with Gasteiger partial charge in [-0.3, -0.25) is 19.4 Å². The van der Waals surface area contributed by atoms with Crippen LogP contribution >= 0.6 is 23.5 Å². The van der Waals surface area contributed by atoms with Crippen molar-refractivity contribution in [1.82, 2.24) is 15.6 Å². The van der Waals surface area contributed by atoms with Crippen LogP contribution in [0.2, 0.25) is 0 Å². The molecule has 0 fully saturated rings. The minimum Gasteiger partial charge on any atom is -0.456 e. The van der Waals surface area contributed by atoms with Crippen LogP contribution in [0.5, 0.6) is 0 Å². The summed E-state index contributed by atoms with van der Waals surface area (Å²) in [4.78, 5) is 59.8. The lowest BCUT2D eigenvalue weighted by molar-refractivity contribution is -0.153. The summed E-state index contributed by atoms with van der Waals surface area (Å²) in [7, 11) is 0. The van der Waals surface area contributed by atoms with Crippen LogP contribution in [0.4, 0.5) is 0 Å². The number of amides is 2. The van der Waals surface area contributed by atoms with Crippen LogP contribution in [0.3, 0.4) is 0 Å². The summed E-state index contributed by atoms with van der Waals surface area (Å²) in [6, 6.07) is -1.71. The second-order valence-corrected chi connectivity index (χ2v) is 12.2. The molecule has 3 atom stereocenters. The number of esters is 1. The van der Waals surface area contributed by atoms with Gasteiger partial charge in [-0.05, 0) is 38.0 Å². The first-order valence-electron chi connectivity index (χ1n) is 14.3. The monoisotopic (exact) mass is 608 g/mol. The first-order valence-corrected chi connectivity index (χ1v) is 16.5. The van der Waals surface area contributed by atoms with Crippen LogP contribution in [0, 0.1) is 5.92 Å². The maximum atomic E-state index is 13.2. The van der Waals surface area contributed by atoms with E-state index in [1.807, 2.05) is 12.3 Å². The van der Waals surface area contributed by atoms with Crippen molar-refractivity contribution in [3.8, 4) is 0 Å². The van der Waals surface area contributed by atoms with E-state index in [0.717, 1.165) is 19.3 Å². The van der Waals surface area contributed by atoms with E-state index in [1.165, 1.54) is 42.6 Å². The number of thioether (sulfide) groups is 2. The van der Waals surface area contributed by atoms with Gasteiger partial charge in [-0.2, -0.15) is 0 Å². The maximum Gasteiger partial charge on any atom is 0.329 e. The molecule has 0 saturated heterocycles. The Hall–Kier alpha value is -2.60. The molecule has 10 nitrogen and oxygen atoms in total. The van der Waals surface area contributed by atoms with E-state index in [1.54, 1.807) is 26.8 Å². The molecule has 2 bridgehead atoms. The maximum absolute atomic E-state index is 13.2. The molecule has 12 heteroatoms. The lowest BCUT2D eigenvalue weighted by Gasteiger charge is -2.24. The Morgan fingerprint density at radius 3 is 2.66 bits per heavy atom. The predicted octanol–water partition coefficient (Wildman–Crippen LogP) is 4.81. The lowest BCUT2D eigenvalue weighted by atomic mass is 10.0. The highest BCUT2D eigenvalue weighted by Gasteiger charge is 2.30. The number of nitrogens with zero attached hydrogens (tertiary/aromatic N) is 2. The van der Waals surface area contributed by atoms with Gasteiger partial charge in [0.15, 0.2) is 5.12 Å². The van der Waals surface area contributed by atoms with Gasteiger partial charge in [-0.15, -0.1) is 11.8 Å². The van der Waals surface area contributed by atoms with Gasteiger partial charge < -0.3 is 19.8 Å². The van der Waals surface area contributed by atoms with Crippen LogP contribution in [-0.4, -0.2) is 63.1 Å². The van der Waals surface area contributed by atoms with Gasteiger partial charge >= 0.3 is 5.97 Å². The summed E-state index contributed by atoms with van der Waals surface area (Å²) >= 11 is 2.61. The molecule has 1 aliphatic heterocycles. The summed E-state index contributed by atoms with van der Waals surface area (Å²) in [6.45, 7) is 7.46. The van der Waals surface area contributed by atoms with Crippen LogP contribution < -0.4 is 10.6 Å². The Morgan fingerprint density at radius 2 is 1.95 bits per heavy atom. The van der Waals surface area contributed by atoms with Crippen LogP contribution in [0.25, 0.3) is 0 Å². The Kier molecular flexibility index (Phi) is 15.8. The molecular formula is C29H44N4O6S2. The molecule has 0 aromatic carbocycles. The van der Waals surface area contributed by atoms with Crippen molar-refractivity contribution < 1.29 is 28.3 Å². The van der Waals surface area contributed by atoms with E-state index < -0.39 is 30.1 Å². The van der Waals surface area contributed by atoms with E-state index in [2.05, 4.69) is 27.5 Å². The number of nitrogens with one attached hydrogen (secondary N) is 2. The Balaban J connectivity index is 2.09. The summed E-state index contributed by atoms with van der Waals surface area (Å²) in [5.74, 6) is -0.792. The van der Waals surface area contributed by atoms with Crippen molar-refractivity contribution in [3.05, 3.63) is 30.0 Å². The zero-order valence-corrected chi connectivity index (χ0v) is 26.4. The molecule has 0 radical (unpaired) electrons. The number of oxazole rings is 1. The van der Waals surface area contributed by atoms with Crippen molar-refractivity contribution in [1.29, 1.82) is 0 Å². The fourth-order valence-electron chi connectivity index (χ4n) is 3.95. The van der Waals surface area contributed by atoms with Crippen molar-refractivity contribution >= 4 is 51.5 Å². The normalized spacial score (nSPS) is 21.0. The standard InChI is InChI=1S/C29H44N4O6S2/c1-6-7-8-9-10-14-25(35)41-15-12-11-13-21-16-23(34)30-17-24-32-22(18-38-24)28(40-5)31-20(4)27(36)33-26(19(2)3)29(37)39-21/h11,13,18-21,26H,6-10,12,14-17H2,1-5H3,(H,30,34)(H,33,36)/b13-11+,31-28?. The van der Waals surface area contributed by atoms with E-state index in [-0.39, 0.29) is 35.8 Å². The predicted molar refractivity (Wildman–Crippen MR) is 164 cm³/mol. The largest absolute Gasteiger partial charge is 0.456 e. The molecule has 1 aromatic rings. The number of rotatable bonds is 11. The molecule has 2 heterocycles. The molecule has 0 saturated carbocycles. The van der Waals surface area contributed by atoms with E-state index in [9.17, 15) is 19.2 Å². The summed E-state index contributed by atoms with van der Waals surface area (Å²) < 4.78 is 11.2. The molecule has 0 aliphatic carbocycles. The van der Waals surface area contributed by atoms with Crippen molar-refractivity contribution in [2.75, 3.05) is 12.0 Å². The highest BCUT2D eigenvalue weighted by molar-refractivity contribution is 8.14. The number of unbranched alkanes of at least 4 members (excludes halogenated alkanes) is 4. The molecule has 2 rings (SSSR count). The third-order valence-corrected chi connectivity index (χ3v) is 8.01. The Labute approximate surface area is 251 Å². The summed E-state index contributed by atoms with van der Waals surface area (Å²) in [5.41, 5.74) is 0.460. The number of aromatic nitrogens is 1. The first-order chi connectivity index (χ1) is 19.6. The molecule has 2 amide bonds. The number of hydrogen-bond donors (Lipinski definition) is 2. The minimum absolute atomic E-state index is 0.0483. The molecule has 1 aliphatic rings. The Bertz CT molecular complexity index is 1070. The highest BCUT2D eigenvalue weighted by atomic mass is 32.2.